The van der Waals surface area contributed by atoms with Crippen molar-refractivity contribution in [1.82, 2.24) is 15.2 Å². The Hall–Kier alpha value is -3.70. The molecule has 2 heterocycles. The second-order valence-corrected chi connectivity index (χ2v) is 10.4. The van der Waals surface area contributed by atoms with Crippen LogP contribution in [0.5, 0.6) is 5.75 Å². The molecule has 0 atom stereocenters. The number of nitrogens with zero attached hydrogens (tertiary/aromatic N) is 2. The largest absolute Gasteiger partial charge is 0.483 e. The number of hydrogen-bond acceptors (Lipinski definition) is 7. The zero-order valence-electron chi connectivity index (χ0n) is 19.8. The lowest BCUT2D eigenvalue weighted by molar-refractivity contribution is -0.113. The van der Waals surface area contributed by atoms with Crippen molar-refractivity contribution in [2.75, 3.05) is 16.4 Å². The Balaban J connectivity index is 1.21. The highest BCUT2D eigenvalue weighted by molar-refractivity contribution is 7.99. The molecule has 1 aliphatic carbocycles. The Bertz CT molecular complexity index is 1410. The van der Waals surface area contributed by atoms with Gasteiger partial charge < -0.3 is 15.4 Å². The third-order valence-corrected chi connectivity index (χ3v) is 7.78. The van der Waals surface area contributed by atoms with Crippen LogP contribution in [0.1, 0.15) is 39.5 Å². The van der Waals surface area contributed by atoms with Gasteiger partial charge in [0.15, 0.2) is 17.4 Å². The Labute approximate surface area is 221 Å². The Morgan fingerprint density at radius 1 is 1.05 bits per heavy atom. The van der Waals surface area contributed by atoms with Gasteiger partial charge in [0.1, 0.15) is 11.6 Å². The van der Waals surface area contributed by atoms with Crippen LogP contribution in [-0.2, 0) is 24.2 Å². The summed E-state index contributed by atoms with van der Waals surface area (Å²) in [5.74, 6) is -0.336. The van der Waals surface area contributed by atoms with Crippen LogP contribution in [0.3, 0.4) is 0 Å². The minimum absolute atomic E-state index is 0.0152. The lowest BCUT2D eigenvalue weighted by atomic mass is 9.95. The van der Waals surface area contributed by atoms with Crippen molar-refractivity contribution in [3.63, 3.8) is 0 Å². The number of benzene rings is 2. The van der Waals surface area contributed by atoms with E-state index in [2.05, 4.69) is 25.8 Å². The van der Waals surface area contributed by atoms with Gasteiger partial charge in [-0.05, 0) is 55.5 Å². The molecule has 0 bridgehead atoms. The van der Waals surface area contributed by atoms with E-state index < -0.39 is 5.82 Å². The summed E-state index contributed by atoms with van der Waals surface area (Å²) < 4.78 is 19.1. The lowest BCUT2D eigenvalue weighted by Gasteiger charge is -2.13. The summed E-state index contributed by atoms with van der Waals surface area (Å²) >= 11 is 2.63. The minimum Gasteiger partial charge on any atom is -0.483 e. The average molecular weight is 538 g/mol. The monoisotopic (exact) mass is 537 g/mol. The molecule has 0 spiro atoms. The summed E-state index contributed by atoms with van der Waals surface area (Å²) in [7, 11) is 0. The van der Waals surface area contributed by atoms with Crippen molar-refractivity contribution in [2.45, 2.75) is 37.4 Å². The molecule has 0 aliphatic heterocycles. The number of carbonyl (C=O) groups excluding carboxylic acids is 2. The smallest absolute Gasteiger partial charge is 0.258 e. The Morgan fingerprint density at radius 2 is 1.84 bits per heavy atom. The first-order chi connectivity index (χ1) is 18.1. The highest BCUT2D eigenvalue weighted by atomic mass is 32.2. The standard InChI is InChI=1S/C26H24FN5O3S2/c27-18-11-5-6-12-19(18)35-14-21-29-26(32-31-21)36-15-22(33)30-25-23(17-10-4-7-13-20(17)37-25)24(34)28-16-8-2-1-3-9-16/h1-3,5-6,8-9,11-12H,4,7,10,13-15H2,(H,28,34)(H,30,33)(H,29,31,32). The number of thiophene rings is 1. The van der Waals surface area contributed by atoms with Gasteiger partial charge in [-0.25, -0.2) is 9.37 Å². The second-order valence-electron chi connectivity index (χ2n) is 8.36. The summed E-state index contributed by atoms with van der Waals surface area (Å²) in [6, 6.07) is 15.4. The number of ether oxygens (including phenoxy) is 1. The van der Waals surface area contributed by atoms with Crippen LogP contribution < -0.4 is 15.4 Å². The van der Waals surface area contributed by atoms with Gasteiger partial charge in [0.25, 0.3) is 5.91 Å². The number of aryl methyl sites for hydroxylation is 1. The quantitative estimate of drug-likeness (QED) is 0.245. The van der Waals surface area contributed by atoms with Crippen LogP contribution in [0.2, 0.25) is 0 Å². The number of aromatic nitrogens is 3. The van der Waals surface area contributed by atoms with Crippen molar-refractivity contribution in [1.29, 1.82) is 0 Å². The highest BCUT2D eigenvalue weighted by Crippen LogP contribution is 2.38. The molecule has 190 valence electrons. The molecule has 37 heavy (non-hydrogen) atoms. The molecule has 0 saturated carbocycles. The number of carbonyl (C=O) groups is 2. The maximum Gasteiger partial charge on any atom is 0.258 e. The molecule has 2 aromatic heterocycles. The first kappa shape index (κ1) is 25.0. The average Bonchev–Trinajstić information content (AvgIpc) is 3.51. The Kier molecular flexibility index (Phi) is 7.81. The number of anilines is 2. The van der Waals surface area contributed by atoms with Gasteiger partial charge >= 0.3 is 0 Å². The number of amides is 2. The molecule has 11 heteroatoms. The molecule has 4 aromatic rings. The van der Waals surface area contributed by atoms with Gasteiger partial charge in [-0.15, -0.1) is 16.4 Å². The minimum atomic E-state index is -0.458. The number of halogens is 1. The first-order valence-electron chi connectivity index (χ1n) is 11.8. The third kappa shape index (κ3) is 6.17. The van der Waals surface area contributed by atoms with Gasteiger partial charge in [-0.2, -0.15) is 0 Å². The van der Waals surface area contributed by atoms with E-state index in [9.17, 15) is 14.0 Å². The van der Waals surface area contributed by atoms with Crippen molar-refractivity contribution in [2.24, 2.45) is 0 Å². The van der Waals surface area contributed by atoms with E-state index >= 15 is 0 Å². The SMILES string of the molecule is O=C(CSc1n[nH]c(COc2ccccc2F)n1)Nc1sc2c(c1C(=O)Nc1ccccc1)CCCC2. The maximum atomic E-state index is 13.7. The fourth-order valence-electron chi connectivity index (χ4n) is 4.02. The van der Waals surface area contributed by atoms with E-state index in [0.29, 0.717) is 27.2 Å². The topological polar surface area (TPSA) is 109 Å². The molecule has 5 rings (SSSR count). The number of para-hydroxylation sites is 2. The van der Waals surface area contributed by atoms with Gasteiger partial charge in [-0.3, -0.25) is 14.7 Å². The van der Waals surface area contributed by atoms with Crippen molar-refractivity contribution in [3.05, 3.63) is 82.2 Å². The molecule has 0 unspecified atom stereocenters. The fraction of sp³-hybridized carbons (Fsp3) is 0.231. The zero-order chi connectivity index (χ0) is 25.6. The predicted molar refractivity (Wildman–Crippen MR) is 142 cm³/mol. The molecule has 0 radical (unpaired) electrons. The zero-order valence-corrected chi connectivity index (χ0v) is 21.4. The number of nitrogens with one attached hydrogen (secondary N) is 3. The summed E-state index contributed by atoms with van der Waals surface area (Å²) in [5, 5.41) is 13.6. The maximum absolute atomic E-state index is 13.7. The van der Waals surface area contributed by atoms with Crippen molar-refractivity contribution >= 4 is 45.6 Å². The molecular formula is C26H24FN5O3S2. The van der Waals surface area contributed by atoms with Crippen molar-refractivity contribution in [3.8, 4) is 5.75 Å². The fourth-order valence-corrected chi connectivity index (χ4v) is 5.94. The summed E-state index contributed by atoms with van der Waals surface area (Å²) in [5.41, 5.74) is 2.28. The van der Waals surface area contributed by atoms with Gasteiger partial charge in [-0.1, -0.05) is 42.1 Å². The van der Waals surface area contributed by atoms with E-state index in [1.807, 2.05) is 30.3 Å². The van der Waals surface area contributed by atoms with Crippen molar-refractivity contribution < 1.29 is 18.7 Å². The number of H-pyrrole nitrogens is 1. The summed E-state index contributed by atoms with van der Waals surface area (Å²) in [4.78, 5) is 31.4. The number of hydrogen-bond donors (Lipinski definition) is 3. The van der Waals surface area contributed by atoms with Crippen LogP contribution in [0.4, 0.5) is 15.1 Å². The molecule has 3 N–H and O–H groups in total. The van der Waals surface area contributed by atoms with Crippen LogP contribution in [-0.4, -0.2) is 32.7 Å². The Morgan fingerprint density at radius 3 is 2.68 bits per heavy atom. The van der Waals surface area contributed by atoms with E-state index in [1.54, 1.807) is 12.1 Å². The normalized spacial score (nSPS) is 12.6. The molecular weight excluding hydrogens is 513 g/mol. The van der Waals surface area contributed by atoms with Gasteiger partial charge in [0, 0.05) is 10.6 Å². The number of thioether (sulfide) groups is 1. The van der Waals surface area contributed by atoms with E-state index in [1.165, 1.54) is 23.5 Å². The summed E-state index contributed by atoms with van der Waals surface area (Å²) in [6.07, 6.45) is 3.82. The molecule has 2 aromatic carbocycles. The second kappa shape index (κ2) is 11.6. The predicted octanol–water partition coefficient (Wildman–Crippen LogP) is 5.45. The molecule has 0 fully saturated rings. The van der Waals surface area contributed by atoms with Crippen LogP contribution in [0, 0.1) is 5.82 Å². The summed E-state index contributed by atoms with van der Waals surface area (Å²) in [6.45, 7) is 0.0152. The molecule has 1 aliphatic rings. The van der Waals surface area contributed by atoms with Gasteiger partial charge in [0.05, 0.1) is 11.3 Å². The number of aromatic amines is 1. The lowest BCUT2D eigenvalue weighted by Crippen LogP contribution is -2.19. The van der Waals surface area contributed by atoms with E-state index in [0.717, 1.165) is 47.9 Å². The third-order valence-electron chi connectivity index (χ3n) is 5.73. The van der Waals surface area contributed by atoms with Crippen LogP contribution >= 0.6 is 23.1 Å². The molecule has 2 amide bonds. The van der Waals surface area contributed by atoms with E-state index in [-0.39, 0.29) is 29.9 Å². The number of rotatable bonds is 9. The molecule has 0 saturated heterocycles. The molecule has 8 nitrogen and oxygen atoms in total. The first-order valence-corrected chi connectivity index (χ1v) is 13.6. The van der Waals surface area contributed by atoms with Gasteiger partial charge in [0.2, 0.25) is 11.1 Å². The van der Waals surface area contributed by atoms with E-state index in [4.69, 9.17) is 4.74 Å². The van der Waals surface area contributed by atoms with Crippen LogP contribution in [0.15, 0.2) is 59.8 Å². The van der Waals surface area contributed by atoms with Crippen LogP contribution in [0.25, 0.3) is 0 Å². The highest BCUT2D eigenvalue weighted by Gasteiger charge is 2.26. The number of fused-ring (bicyclic) bond motifs is 1.